The summed E-state index contributed by atoms with van der Waals surface area (Å²) >= 11 is 0. The summed E-state index contributed by atoms with van der Waals surface area (Å²) in [5.41, 5.74) is 0. The van der Waals surface area contributed by atoms with Gasteiger partial charge >= 0.3 is 0 Å². The predicted octanol–water partition coefficient (Wildman–Crippen LogP) is 0.964. The molecule has 65 valence electrons. The maximum Gasteiger partial charge on any atom is 0.153 e. The molecule has 3 heteroatoms. The van der Waals surface area contributed by atoms with Gasteiger partial charge in [0.05, 0.1) is 0 Å². The molecule has 0 saturated carbocycles. The van der Waals surface area contributed by atoms with Crippen LogP contribution < -0.4 is 0 Å². The molecule has 1 saturated heterocycles. The number of hydrogen-bond acceptors (Lipinski definition) is 2. The van der Waals surface area contributed by atoms with E-state index in [-0.39, 0.29) is 6.61 Å². The van der Waals surface area contributed by atoms with Crippen molar-refractivity contribution in [1.82, 2.24) is 4.90 Å². The molecule has 1 atom stereocenters. The molecule has 1 aliphatic heterocycles. The van der Waals surface area contributed by atoms with Crippen molar-refractivity contribution < 1.29 is 9.50 Å². The monoisotopic (exact) mass is 160 g/mol. The van der Waals surface area contributed by atoms with Crippen LogP contribution in [-0.4, -0.2) is 36.0 Å². The van der Waals surface area contributed by atoms with E-state index in [1.807, 2.05) is 6.42 Å². The van der Waals surface area contributed by atoms with Gasteiger partial charge in [-0.2, -0.15) is 0 Å². The lowest BCUT2D eigenvalue weighted by molar-refractivity contribution is 0.0584. The summed E-state index contributed by atoms with van der Waals surface area (Å²) in [6.07, 6.45) is 3.38. The van der Waals surface area contributed by atoms with Crippen LogP contribution in [0.3, 0.4) is 0 Å². The lowest BCUT2D eigenvalue weighted by Crippen LogP contribution is -2.37. The second-order valence-corrected chi connectivity index (χ2v) is 2.86. The van der Waals surface area contributed by atoms with Crippen molar-refractivity contribution in [2.24, 2.45) is 0 Å². The number of nitrogens with zero attached hydrogens (tertiary/aromatic N) is 1. The Hall–Kier alpha value is -0.150. The number of hydrogen-bond donors (Lipinski definition) is 1. The van der Waals surface area contributed by atoms with Crippen LogP contribution in [0, 0.1) is 6.42 Å². The van der Waals surface area contributed by atoms with E-state index in [2.05, 4.69) is 0 Å². The van der Waals surface area contributed by atoms with Crippen LogP contribution >= 0.6 is 0 Å². The molecule has 1 radical (unpaired) electrons. The largest absolute Gasteiger partial charge is 0.396 e. The Bertz CT molecular complexity index is 110. The standard InChI is InChI=1S/C8H15FNO/c9-8-4-1-2-5-10(8)6-3-7-11/h1,8,11H,2-7H2. The van der Waals surface area contributed by atoms with Crippen LogP contribution in [0.4, 0.5) is 4.39 Å². The van der Waals surface area contributed by atoms with Crippen molar-refractivity contribution >= 4 is 0 Å². The molecule has 0 aliphatic carbocycles. The molecule has 11 heavy (non-hydrogen) atoms. The van der Waals surface area contributed by atoms with Crippen LogP contribution in [0.25, 0.3) is 0 Å². The zero-order valence-electron chi connectivity index (χ0n) is 6.67. The van der Waals surface area contributed by atoms with Crippen molar-refractivity contribution in [2.75, 3.05) is 19.7 Å². The van der Waals surface area contributed by atoms with E-state index < -0.39 is 6.30 Å². The van der Waals surface area contributed by atoms with Crippen LogP contribution in [0.5, 0.6) is 0 Å². The zero-order valence-corrected chi connectivity index (χ0v) is 6.67. The highest BCUT2D eigenvalue weighted by molar-refractivity contribution is 4.79. The average molecular weight is 160 g/mol. The number of alkyl halides is 1. The van der Waals surface area contributed by atoms with Gasteiger partial charge in [0.15, 0.2) is 6.30 Å². The Balaban J connectivity index is 2.18. The summed E-state index contributed by atoms with van der Waals surface area (Å²) in [4.78, 5) is 1.79. The lowest BCUT2D eigenvalue weighted by Gasteiger charge is -2.29. The van der Waals surface area contributed by atoms with E-state index in [1.54, 1.807) is 4.90 Å². The van der Waals surface area contributed by atoms with Crippen molar-refractivity contribution in [3.05, 3.63) is 6.42 Å². The van der Waals surface area contributed by atoms with E-state index in [0.717, 1.165) is 13.0 Å². The molecule has 0 aromatic heterocycles. The quantitative estimate of drug-likeness (QED) is 0.622. The Labute approximate surface area is 67.0 Å². The minimum Gasteiger partial charge on any atom is -0.396 e. The first kappa shape index (κ1) is 8.94. The SMILES string of the molecule is OCCCN1CC[CH]CC1F. The van der Waals surface area contributed by atoms with Crippen molar-refractivity contribution in [3.63, 3.8) is 0 Å². The summed E-state index contributed by atoms with van der Waals surface area (Å²) in [6, 6.07) is 0. The Morgan fingerprint density at radius 2 is 2.45 bits per heavy atom. The first-order chi connectivity index (χ1) is 5.34. The number of piperidine rings is 1. The summed E-state index contributed by atoms with van der Waals surface area (Å²) < 4.78 is 13.0. The predicted molar refractivity (Wildman–Crippen MR) is 41.7 cm³/mol. The van der Waals surface area contributed by atoms with Gasteiger partial charge in [0, 0.05) is 19.7 Å². The summed E-state index contributed by atoms with van der Waals surface area (Å²) in [5.74, 6) is 0. The second kappa shape index (κ2) is 4.67. The van der Waals surface area contributed by atoms with E-state index >= 15 is 0 Å². The van der Waals surface area contributed by atoms with Crippen LogP contribution in [0.2, 0.25) is 0 Å². The number of rotatable bonds is 3. The van der Waals surface area contributed by atoms with Gasteiger partial charge in [-0.05, 0) is 25.7 Å². The highest BCUT2D eigenvalue weighted by Gasteiger charge is 2.20. The van der Waals surface area contributed by atoms with Gasteiger partial charge in [0.1, 0.15) is 0 Å². The molecular formula is C8H15FNO. The van der Waals surface area contributed by atoms with Crippen molar-refractivity contribution in [2.45, 2.75) is 25.6 Å². The second-order valence-electron chi connectivity index (χ2n) is 2.86. The summed E-state index contributed by atoms with van der Waals surface area (Å²) in [6.45, 7) is 1.65. The lowest BCUT2D eigenvalue weighted by atomic mass is 10.1. The maximum atomic E-state index is 13.0. The molecule has 1 rings (SSSR count). The Morgan fingerprint density at radius 3 is 3.09 bits per heavy atom. The first-order valence-electron chi connectivity index (χ1n) is 4.15. The molecule has 0 aromatic carbocycles. The number of likely N-dealkylation sites (tertiary alicyclic amines) is 1. The van der Waals surface area contributed by atoms with Gasteiger partial charge in [-0.1, -0.05) is 0 Å². The number of aliphatic hydroxyl groups excluding tert-OH is 1. The van der Waals surface area contributed by atoms with Gasteiger partial charge < -0.3 is 5.11 Å². The van der Waals surface area contributed by atoms with E-state index in [0.29, 0.717) is 19.4 Å². The van der Waals surface area contributed by atoms with Gasteiger partial charge in [0.2, 0.25) is 0 Å². The topological polar surface area (TPSA) is 23.5 Å². The molecule has 1 heterocycles. The zero-order chi connectivity index (χ0) is 8.10. The third kappa shape index (κ3) is 2.75. The third-order valence-electron chi connectivity index (χ3n) is 1.98. The molecule has 0 aromatic rings. The van der Waals surface area contributed by atoms with Gasteiger partial charge in [-0.25, -0.2) is 4.39 Å². The Morgan fingerprint density at radius 1 is 1.64 bits per heavy atom. The van der Waals surface area contributed by atoms with Crippen LogP contribution in [0.1, 0.15) is 19.3 Å². The van der Waals surface area contributed by atoms with Crippen LogP contribution in [-0.2, 0) is 0 Å². The van der Waals surface area contributed by atoms with E-state index in [4.69, 9.17) is 5.11 Å². The Kier molecular flexibility index (Phi) is 3.80. The minimum atomic E-state index is -0.810. The highest BCUT2D eigenvalue weighted by atomic mass is 19.1. The maximum absolute atomic E-state index is 13.0. The molecular weight excluding hydrogens is 145 g/mol. The first-order valence-corrected chi connectivity index (χ1v) is 4.15. The molecule has 0 spiro atoms. The third-order valence-corrected chi connectivity index (χ3v) is 1.98. The molecule has 1 aliphatic rings. The molecule has 1 unspecified atom stereocenters. The van der Waals surface area contributed by atoms with Crippen LogP contribution in [0.15, 0.2) is 0 Å². The summed E-state index contributed by atoms with van der Waals surface area (Å²) in [7, 11) is 0. The van der Waals surface area contributed by atoms with Crippen molar-refractivity contribution in [3.8, 4) is 0 Å². The molecule has 0 amide bonds. The molecule has 1 N–H and O–H groups in total. The minimum absolute atomic E-state index is 0.160. The molecule has 1 fully saturated rings. The fourth-order valence-electron chi connectivity index (χ4n) is 1.33. The van der Waals surface area contributed by atoms with Gasteiger partial charge in [0.25, 0.3) is 0 Å². The van der Waals surface area contributed by atoms with E-state index in [9.17, 15) is 4.39 Å². The van der Waals surface area contributed by atoms with Gasteiger partial charge in [-0.15, -0.1) is 0 Å². The van der Waals surface area contributed by atoms with Crippen molar-refractivity contribution in [1.29, 1.82) is 0 Å². The smallest absolute Gasteiger partial charge is 0.153 e. The average Bonchev–Trinajstić information content (AvgIpc) is 2.03. The normalized spacial score (nSPS) is 27.3. The fourth-order valence-corrected chi connectivity index (χ4v) is 1.33. The fraction of sp³-hybridized carbons (Fsp3) is 0.875. The van der Waals surface area contributed by atoms with E-state index in [1.165, 1.54) is 0 Å². The highest BCUT2D eigenvalue weighted by Crippen LogP contribution is 2.16. The number of halogens is 1. The van der Waals surface area contributed by atoms with Gasteiger partial charge in [-0.3, -0.25) is 4.90 Å². The molecule has 2 nitrogen and oxygen atoms in total. The molecule has 0 bridgehead atoms. The number of aliphatic hydroxyl groups is 1. The summed E-state index contributed by atoms with van der Waals surface area (Å²) in [5, 5.41) is 8.53.